The highest BCUT2D eigenvalue weighted by atomic mass is 19.1. The minimum Gasteiger partial charge on any atom is -0.497 e. The van der Waals surface area contributed by atoms with Gasteiger partial charge in [0, 0.05) is 12.7 Å². The molecule has 0 unspecified atom stereocenters. The van der Waals surface area contributed by atoms with Crippen LogP contribution in [0.4, 0.5) is 10.1 Å². The molecule has 1 aliphatic rings. The average Bonchev–Trinajstić information content (AvgIpc) is 2.79. The summed E-state index contributed by atoms with van der Waals surface area (Å²) in [6.07, 6.45) is 0. The van der Waals surface area contributed by atoms with Gasteiger partial charge in [0.25, 0.3) is 11.8 Å². The summed E-state index contributed by atoms with van der Waals surface area (Å²) in [7, 11) is 2.96. The number of carbonyl (C=O) groups excluding carboxylic acids is 2. The molecule has 1 N–H and O–H groups in total. The Bertz CT molecular complexity index is 844. The zero-order valence-electron chi connectivity index (χ0n) is 13.2. The molecule has 2 amide bonds. The van der Waals surface area contributed by atoms with Crippen molar-refractivity contribution in [3.63, 3.8) is 0 Å². The number of anilines is 1. The van der Waals surface area contributed by atoms with Crippen molar-refractivity contribution in [2.45, 2.75) is 0 Å². The lowest BCUT2D eigenvalue weighted by Crippen LogP contribution is -2.27. The summed E-state index contributed by atoms with van der Waals surface area (Å²) in [5, 5.41) is 2.87. The van der Waals surface area contributed by atoms with E-state index in [1.807, 2.05) is 0 Å². The lowest BCUT2D eigenvalue weighted by atomic mass is 10.0. The third kappa shape index (κ3) is 2.74. The first-order valence-corrected chi connectivity index (χ1v) is 7.25. The second kappa shape index (κ2) is 6.16. The molecule has 0 saturated carbocycles. The summed E-state index contributed by atoms with van der Waals surface area (Å²) in [5.41, 5.74) is 1.34. The number of nitrogens with one attached hydrogen (secondary N) is 1. The number of rotatable bonds is 4. The number of ether oxygens (including phenoxy) is 1. The Kier molecular flexibility index (Phi) is 4.04. The van der Waals surface area contributed by atoms with E-state index in [1.54, 1.807) is 37.4 Å². The fraction of sp³-hybridized carbons (Fsp3) is 0.111. The second-order valence-electron chi connectivity index (χ2n) is 5.28. The molecule has 6 heteroatoms. The van der Waals surface area contributed by atoms with Gasteiger partial charge < -0.3 is 10.1 Å². The van der Waals surface area contributed by atoms with E-state index in [2.05, 4.69) is 5.32 Å². The van der Waals surface area contributed by atoms with E-state index in [9.17, 15) is 14.0 Å². The molecule has 0 saturated heterocycles. The number of hydrogen-bond donors (Lipinski definition) is 1. The van der Waals surface area contributed by atoms with Crippen molar-refractivity contribution in [2.75, 3.05) is 19.5 Å². The number of likely N-dealkylation sites (N-methyl/N-ethyl adjacent to an activating group) is 1. The van der Waals surface area contributed by atoms with Crippen LogP contribution in [-0.4, -0.2) is 30.9 Å². The van der Waals surface area contributed by atoms with E-state index >= 15 is 0 Å². The molecule has 3 rings (SSSR count). The maximum atomic E-state index is 13.4. The predicted octanol–water partition coefficient (Wildman–Crippen LogP) is 2.66. The van der Waals surface area contributed by atoms with Crippen LogP contribution in [0, 0.1) is 5.82 Å². The van der Waals surface area contributed by atoms with E-state index in [0.717, 1.165) is 4.90 Å². The van der Waals surface area contributed by atoms with Crippen molar-refractivity contribution in [1.29, 1.82) is 0 Å². The molecule has 0 atom stereocenters. The summed E-state index contributed by atoms with van der Waals surface area (Å²) in [6.45, 7) is 0. The summed E-state index contributed by atoms with van der Waals surface area (Å²) in [6, 6.07) is 12.5. The van der Waals surface area contributed by atoms with E-state index in [4.69, 9.17) is 4.74 Å². The molecule has 24 heavy (non-hydrogen) atoms. The molecule has 0 fully saturated rings. The maximum Gasteiger partial charge on any atom is 0.277 e. The SMILES string of the molecule is COc1ccc(C2=C(Nc3cccc(F)c3)C(=O)N(C)C2=O)cc1. The monoisotopic (exact) mass is 326 g/mol. The summed E-state index contributed by atoms with van der Waals surface area (Å²) in [4.78, 5) is 25.8. The molecule has 0 radical (unpaired) electrons. The number of nitrogens with zero attached hydrogens (tertiary/aromatic N) is 1. The maximum absolute atomic E-state index is 13.4. The van der Waals surface area contributed by atoms with Gasteiger partial charge in [-0.15, -0.1) is 0 Å². The van der Waals surface area contributed by atoms with Crippen LogP contribution >= 0.6 is 0 Å². The molecule has 0 bridgehead atoms. The molecule has 5 nitrogen and oxygen atoms in total. The molecular formula is C18H15FN2O3. The van der Waals surface area contributed by atoms with Crippen molar-refractivity contribution in [2.24, 2.45) is 0 Å². The van der Waals surface area contributed by atoms with Gasteiger partial charge in [-0.1, -0.05) is 18.2 Å². The molecule has 1 heterocycles. The lowest BCUT2D eigenvalue weighted by Gasteiger charge is -2.09. The topological polar surface area (TPSA) is 58.6 Å². The number of carbonyl (C=O) groups is 2. The number of methoxy groups -OCH3 is 1. The van der Waals surface area contributed by atoms with Gasteiger partial charge in [0.1, 0.15) is 17.3 Å². The van der Waals surface area contributed by atoms with Gasteiger partial charge in [-0.05, 0) is 35.9 Å². The zero-order valence-corrected chi connectivity index (χ0v) is 13.2. The molecule has 2 aromatic carbocycles. The van der Waals surface area contributed by atoms with Crippen LogP contribution in [0.15, 0.2) is 54.2 Å². The molecule has 1 aliphatic heterocycles. The largest absolute Gasteiger partial charge is 0.497 e. The predicted molar refractivity (Wildman–Crippen MR) is 87.7 cm³/mol. The highest BCUT2D eigenvalue weighted by molar-refractivity contribution is 6.36. The zero-order chi connectivity index (χ0) is 17.3. The Hall–Kier alpha value is -3.15. The van der Waals surface area contributed by atoms with E-state index < -0.39 is 17.6 Å². The first-order chi connectivity index (χ1) is 11.5. The van der Waals surface area contributed by atoms with Gasteiger partial charge in [0.2, 0.25) is 0 Å². The Balaban J connectivity index is 2.06. The number of imide groups is 1. The van der Waals surface area contributed by atoms with E-state index in [-0.39, 0.29) is 11.3 Å². The molecule has 2 aromatic rings. The summed E-state index contributed by atoms with van der Waals surface area (Å²) in [5.74, 6) is -0.667. The smallest absolute Gasteiger partial charge is 0.277 e. The Morgan fingerprint density at radius 3 is 2.38 bits per heavy atom. The molecule has 0 aliphatic carbocycles. The Morgan fingerprint density at radius 1 is 1.04 bits per heavy atom. The average molecular weight is 326 g/mol. The normalized spacial score (nSPS) is 14.4. The first kappa shape index (κ1) is 15.7. The van der Waals surface area contributed by atoms with Crippen LogP contribution < -0.4 is 10.1 Å². The van der Waals surface area contributed by atoms with Crippen LogP contribution in [0.1, 0.15) is 5.56 Å². The lowest BCUT2D eigenvalue weighted by molar-refractivity contribution is -0.135. The van der Waals surface area contributed by atoms with Crippen molar-refractivity contribution < 1.29 is 18.7 Å². The van der Waals surface area contributed by atoms with Crippen LogP contribution in [0.2, 0.25) is 0 Å². The Morgan fingerprint density at radius 2 is 1.75 bits per heavy atom. The summed E-state index contributed by atoms with van der Waals surface area (Å²) < 4.78 is 18.5. The highest BCUT2D eigenvalue weighted by Gasteiger charge is 2.36. The number of hydrogen-bond acceptors (Lipinski definition) is 4. The molecule has 0 aromatic heterocycles. The summed E-state index contributed by atoms with van der Waals surface area (Å²) >= 11 is 0. The molecule has 0 spiro atoms. The first-order valence-electron chi connectivity index (χ1n) is 7.25. The van der Waals surface area contributed by atoms with Crippen LogP contribution in [0.25, 0.3) is 5.57 Å². The van der Waals surface area contributed by atoms with Crippen molar-refractivity contribution in [3.8, 4) is 5.75 Å². The number of halogens is 1. The van der Waals surface area contributed by atoms with Crippen LogP contribution in [-0.2, 0) is 9.59 Å². The quantitative estimate of drug-likeness (QED) is 0.878. The van der Waals surface area contributed by atoms with Gasteiger partial charge in [0.05, 0.1) is 12.7 Å². The minimum absolute atomic E-state index is 0.123. The van der Waals surface area contributed by atoms with E-state index in [1.165, 1.54) is 25.2 Å². The number of amides is 2. The fourth-order valence-corrected chi connectivity index (χ4v) is 2.49. The standard InChI is InChI=1S/C18H15FN2O3/c1-21-17(22)15(11-6-8-14(24-2)9-7-11)16(18(21)23)20-13-5-3-4-12(19)10-13/h3-10,20H,1-2H3. The van der Waals surface area contributed by atoms with Crippen molar-refractivity contribution >= 4 is 23.1 Å². The fourth-order valence-electron chi connectivity index (χ4n) is 2.49. The van der Waals surface area contributed by atoms with Gasteiger partial charge in [0.15, 0.2) is 0 Å². The van der Waals surface area contributed by atoms with Gasteiger partial charge in [-0.25, -0.2) is 4.39 Å². The van der Waals surface area contributed by atoms with E-state index in [0.29, 0.717) is 17.0 Å². The highest BCUT2D eigenvalue weighted by Crippen LogP contribution is 2.30. The van der Waals surface area contributed by atoms with Crippen LogP contribution in [0.5, 0.6) is 5.75 Å². The van der Waals surface area contributed by atoms with Gasteiger partial charge in [-0.2, -0.15) is 0 Å². The number of benzene rings is 2. The third-order valence-corrected chi connectivity index (χ3v) is 3.76. The minimum atomic E-state index is -0.463. The third-order valence-electron chi connectivity index (χ3n) is 3.76. The van der Waals surface area contributed by atoms with Gasteiger partial charge >= 0.3 is 0 Å². The molecular weight excluding hydrogens is 311 g/mol. The molecule has 122 valence electrons. The van der Waals surface area contributed by atoms with Crippen molar-refractivity contribution in [3.05, 3.63) is 65.6 Å². The van der Waals surface area contributed by atoms with Crippen LogP contribution in [0.3, 0.4) is 0 Å². The van der Waals surface area contributed by atoms with Gasteiger partial charge in [-0.3, -0.25) is 14.5 Å². The second-order valence-corrected chi connectivity index (χ2v) is 5.28. The Labute approximate surface area is 138 Å². The van der Waals surface area contributed by atoms with Crippen molar-refractivity contribution in [1.82, 2.24) is 4.90 Å².